The quantitative estimate of drug-likeness (QED) is 0.695. The molecule has 0 saturated heterocycles. The molecule has 0 fully saturated rings. The monoisotopic (exact) mass is 299 g/mol. The number of carbonyl (C=O) groups is 1. The zero-order valence-corrected chi connectivity index (χ0v) is 11.9. The van der Waals surface area contributed by atoms with Crippen LogP contribution >= 0.6 is 0 Å². The minimum Gasteiger partial charge on any atom is -0.478 e. The van der Waals surface area contributed by atoms with Crippen molar-refractivity contribution in [2.24, 2.45) is 0 Å². The first kappa shape index (κ1) is 15.0. The molecule has 0 radical (unpaired) electrons. The van der Waals surface area contributed by atoms with Crippen LogP contribution in [-0.4, -0.2) is 45.8 Å². The van der Waals surface area contributed by atoms with Crippen LogP contribution in [0.2, 0.25) is 0 Å². The number of nitrogens with zero attached hydrogens (tertiary/aromatic N) is 5. The third-order valence-corrected chi connectivity index (χ3v) is 2.80. The Kier molecular flexibility index (Phi) is 4.33. The highest BCUT2D eigenvalue weighted by Gasteiger charge is 2.12. The topological polar surface area (TPSA) is 131 Å². The number of tetrazole rings is 1. The smallest absolute Gasteiger partial charge is 0.337 e. The summed E-state index contributed by atoms with van der Waals surface area (Å²) in [6.07, 6.45) is 1.39. The number of nitriles is 1. The second-order valence-electron chi connectivity index (χ2n) is 4.48. The SMILES string of the molecule is CN(C)c1ccc(NC=C(C#N)c2nn[nH]n2)cc1C(=O)O. The highest BCUT2D eigenvalue weighted by molar-refractivity contribution is 5.95. The van der Waals surface area contributed by atoms with Crippen LogP contribution in [0.3, 0.4) is 0 Å². The Bertz CT molecular complexity index is 744. The first-order chi connectivity index (χ1) is 10.5. The van der Waals surface area contributed by atoms with E-state index < -0.39 is 5.97 Å². The van der Waals surface area contributed by atoms with Gasteiger partial charge in [-0.2, -0.15) is 10.5 Å². The van der Waals surface area contributed by atoms with Crippen molar-refractivity contribution in [3.05, 3.63) is 35.8 Å². The molecule has 0 spiro atoms. The van der Waals surface area contributed by atoms with Crippen LogP contribution in [0.4, 0.5) is 11.4 Å². The van der Waals surface area contributed by atoms with E-state index in [1.54, 1.807) is 31.1 Å². The maximum atomic E-state index is 11.3. The third kappa shape index (κ3) is 3.18. The normalized spacial score (nSPS) is 10.9. The van der Waals surface area contributed by atoms with Gasteiger partial charge in [0.2, 0.25) is 5.82 Å². The summed E-state index contributed by atoms with van der Waals surface area (Å²) in [5, 5.41) is 34.2. The van der Waals surface area contributed by atoms with E-state index in [2.05, 4.69) is 25.9 Å². The molecule has 1 aromatic carbocycles. The fraction of sp³-hybridized carbons (Fsp3) is 0.154. The zero-order chi connectivity index (χ0) is 16.1. The molecule has 0 bridgehead atoms. The maximum Gasteiger partial charge on any atom is 0.337 e. The van der Waals surface area contributed by atoms with E-state index in [0.29, 0.717) is 11.4 Å². The summed E-state index contributed by atoms with van der Waals surface area (Å²) in [6, 6.07) is 6.81. The minimum absolute atomic E-state index is 0.151. The van der Waals surface area contributed by atoms with Gasteiger partial charge in [0.05, 0.1) is 11.3 Å². The Labute approximate surface area is 125 Å². The van der Waals surface area contributed by atoms with Crippen LogP contribution in [0.5, 0.6) is 0 Å². The lowest BCUT2D eigenvalue weighted by atomic mass is 10.1. The average Bonchev–Trinajstić information content (AvgIpc) is 3.01. The maximum absolute atomic E-state index is 11.3. The number of aromatic amines is 1. The lowest BCUT2D eigenvalue weighted by Gasteiger charge is -2.16. The van der Waals surface area contributed by atoms with Gasteiger partial charge in [0.1, 0.15) is 11.6 Å². The Balaban J connectivity index is 2.29. The summed E-state index contributed by atoms with van der Waals surface area (Å²) in [4.78, 5) is 13.0. The lowest BCUT2D eigenvalue weighted by Crippen LogP contribution is -2.14. The highest BCUT2D eigenvalue weighted by atomic mass is 16.4. The van der Waals surface area contributed by atoms with Gasteiger partial charge in [-0.25, -0.2) is 4.79 Å². The second-order valence-corrected chi connectivity index (χ2v) is 4.48. The summed E-state index contributed by atoms with van der Waals surface area (Å²) >= 11 is 0. The van der Waals surface area contributed by atoms with Crippen LogP contribution < -0.4 is 10.2 Å². The van der Waals surface area contributed by atoms with Crippen LogP contribution in [0.25, 0.3) is 5.57 Å². The van der Waals surface area contributed by atoms with Gasteiger partial charge in [0.15, 0.2) is 0 Å². The number of nitrogens with one attached hydrogen (secondary N) is 2. The molecule has 112 valence electrons. The number of hydrogen-bond acceptors (Lipinski definition) is 7. The minimum atomic E-state index is -1.03. The molecular formula is C13H13N7O2. The van der Waals surface area contributed by atoms with E-state index in [0.717, 1.165) is 0 Å². The molecule has 3 N–H and O–H groups in total. The van der Waals surface area contributed by atoms with Crippen molar-refractivity contribution in [1.29, 1.82) is 5.26 Å². The molecule has 0 aliphatic carbocycles. The lowest BCUT2D eigenvalue weighted by molar-refractivity contribution is 0.0697. The Morgan fingerprint density at radius 2 is 2.27 bits per heavy atom. The standard InChI is InChI=1S/C13H13N7O2/c1-20(2)11-4-3-9(5-10(11)13(21)22)15-7-8(6-14)12-16-18-19-17-12/h3-5,7,15H,1-2H3,(H,21,22)(H,16,17,18,19). The predicted molar refractivity (Wildman–Crippen MR) is 79.1 cm³/mol. The number of carboxylic acid groups (broad SMARTS) is 1. The van der Waals surface area contributed by atoms with Crippen molar-refractivity contribution in [3.63, 3.8) is 0 Å². The van der Waals surface area contributed by atoms with E-state index in [9.17, 15) is 9.90 Å². The van der Waals surface area contributed by atoms with E-state index in [1.807, 2.05) is 6.07 Å². The molecule has 0 aliphatic rings. The first-order valence-electron chi connectivity index (χ1n) is 6.18. The molecule has 1 heterocycles. The van der Waals surface area contributed by atoms with Gasteiger partial charge < -0.3 is 15.3 Å². The molecule has 9 nitrogen and oxygen atoms in total. The molecule has 0 unspecified atom stereocenters. The van der Waals surface area contributed by atoms with Crippen molar-refractivity contribution in [3.8, 4) is 6.07 Å². The molecule has 22 heavy (non-hydrogen) atoms. The van der Waals surface area contributed by atoms with E-state index >= 15 is 0 Å². The van der Waals surface area contributed by atoms with Gasteiger partial charge in [0, 0.05) is 26.0 Å². The molecule has 2 rings (SSSR count). The number of rotatable bonds is 5. The van der Waals surface area contributed by atoms with Crippen molar-refractivity contribution in [1.82, 2.24) is 20.6 Å². The Morgan fingerprint density at radius 1 is 1.50 bits per heavy atom. The molecule has 2 aromatic rings. The fourth-order valence-corrected chi connectivity index (χ4v) is 1.77. The van der Waals surface area contributed by atoms with E-state index in [1.165, 1.54) is 12.3 Å². The highest BCUT2D eigenvalue weighted by Crippen LogP contribution is 2.23. The summed E-state index contributed by atoms with van der Waals surface area (Å²) in [5.41, 5.74) is 1.43. The van der Waals surface area contributed by atoms with Gasteiger partial charge in [-0.15, -0.1) is 10.2 Å². The van der Waals surface area contributed by atoms with Crippen LogP contribution in [0.15, 0.2) is 24.4 Å². The first-order valence-corrected chi connectivity index (χ1v) is 6.18. The second kappa shape index (κ2) is 6.36. The van der Waals surface area contributed by atoms with Crippen LogP contribution in [0, 0.1) is 11.3 Å². The van der Waals surface area contributed by atoms with Gasteiger partial charge in [-0.05, 0) is 23.4 Å². The Morgan fingerprint density at radius 3 is 2.82 bits per heavy atom. The van der Waals surface area contributed by atoms with E-state index in [-0.39, 0.29) is 17.0 Å². The zero-order valence-electron chi connectivity index (χ0n) is 11.9. The van der Waals surface area contributed by atoms with Gasteiger partial charge in [-0.1, -0.05) is 0 Å². The van der Waals surface area contributed by atoms with Gasteiger partial charge in [0.25, 0.3) is 0 Å². The molecule has 0 aliphatic heterocycles. The largest absolute Gasteiger partial charge is 0.478 e. The van der Waals surface area contributed by atoms with Crippen LogP contribution in [0.1, 0.15) is 16.2 Å². The van der Waals surface area contributed by atoms with Crippen molar-refractivity contribution < 1.29 is 9.90 Å². The third-order valence-electron chi connectivity index (χ3n) is 2.80. The predicted octanol–water partition coefficient (Wildman–Crippen LogP) is 0.940. The number of allylic oxidation sites excluding steroid dienone is 1. The molecule has 1 aromatic heterocycles. The number of carboxylic acids is 1. The van der Waals surface area contributed by atoms with Crippen molar-refractivity contribution in [2.75, 3.05) is 24.3 Å². The number of benzene rings is 1. The van der Waals surface area contributed by atoms with Crippen molar-refractivity contribution in [2.45, 2.75) is 0 Å². The number of H-pyrrole nitrogens is 1. The number of hydrogen-bond donors (Lipinski definition) is 3. The van der Waals surface area contributed by atoms with Crippen molar-refractivity contribution >= 4 is 22.9 Å². The Hall–Kier alpha value is -3.41. The molecule has 9 heteroatoms. The average molecular weight is 299 g/mol. The summed E-state index contributed by atoms with van der Waals surface area (Å²) in [7, 11) is 3.53. The number of aromatic nitrogens is 4. The van der Waals surface area contributed by atoms with Gasteiger partial charge >= 0.3 is 5.97 Å². The van der Waals surface area contributed by atoms with Gasteiger partial charge in [-0.3, -0.25) is 0 Å². The molecule has 0 atom stereocenters. The number of aromatic carboxylic acids is 1. The molecular weight excluding hydrogens is 286 g/mol. The summed E-state index contributed by atoms with van der Waals surface area (Å²) < 4.78 is 0. The fourth-order valence-electron chi connectivity index (χ4n) is 1.77. The summed E-state index contributed by atoms with van der Waals surface area (Å²) in [6.45, 7) is 0. The summed E-state index contributed by atoms with van der Waals surface area (Å²) in [5.74, 6) is -0.881. The van der Waals surface area contributed by atoms with E-state index in [4.69, 9.17) is 5.26 Å². The molecule has 0 amide bonds. The van der Waals surface area contributed by atoms with Crippen LogP contribution in [-0.2, 0) is 0 Å². The molecule has 0 saturated carbocycles. The number of anilines is 2.